The minimum atomic E-state index is 0.664. The van der Waals surface area contributed by atoms with E-state index in [4.69, 9.17) is 9.47 Å². The van der Waals surface area contributed by atoms with Crippen molar-refractivity contribution in [1.29, 1.82) is 0 Å². The second-order valence-corrected chi connectivity index (χ2v) is 5.48. The first-order chi connectivity index (χ1) is 9.27. The van der Waals surface area contributed by atoms with E-state index in [1.807, 2.05) is 0 Å². The first-order valence-electron chi connectivity index (χ1n) is 7.80. The predicted octanol–water partition coefficient (Wildman–Crippen LogP) is 1.75. The van der Waals surface area contributed by atoms with Crippen LogP contribution in [0.2, 0.25) is 0 Å². The monoisotopic (exact) mass is 272 g/mol. The normalized spacial score (nSPS) is 19.7. The van der Waals surface area contributed by atoms with Crippen LogP contribution in [-0.4, -0.2) is 64.1 Å². The molecule has 0 spiro atoms. The fourth-order valence-electron chi connectivity index (χ4n) is 2.77. The van der Waals surface area contributed by atoms with Gasteiger partial charge in [-0.05, 0) is 51.7 Å². The summed E-state index contributed by atoms with van der Waals surface area (Å²) in [4.78, 5) is 2.53. The number of methoxy groups -OCH3 is 1. The van der Waals surface area contributed by atoms with E-state index in [0.717, 1.165) is 45.2 Å². The second kappa shape index (κ2) is 10.6. The highest BCUT2D eigenvalue weighted by Gasteiger charge is 2.22. The topological polar surface area (TPSA) is 33.7 Å². The smallest absolute Gasteiger partial charge is 0.0593 e. The fraction of sp³-hybridized carbons (Fsp3) is 1.00. The zero-order chi connectivity index (χ0) is 13.9. The van der Waals surface area contributed by atoms with E-state index in [0.29, 0.717) is 6.04 Å². The average Bonchev–Trinajstić information content (AvgIpc) is 2.43. The molecule has 1 unspecified atom stereocenters. The fourth-order valence-corrected chi connectivity index (χ4v) is 2.77. The Hall–Kier alpha value is -0.160. The first-order valence-corrected chi connectivity index (χ1v) is 7.80. The Kier molecular flexibility index (Phi) is 9.43. The molecule has 1 aliphatic rings. The molecule has 0 aromatic rings. The Balaban J connectivity index is 2.00. The largest absolute Gasteiger partial charge is 0.385 e. The quantitative estimate of drug-likeness (QED) is 0.614. The summed E-state index contributed by atoms with van der Waals surface area (Å²) in [5.74, 6) is 0.846. The first kappa shape index (κ1) is 16.9. The maximum Gasteiger partial charge on any atom is 0.0593 e. The number of rotatable bonds is 10. The van der Waals surface area contributed by atoms with E-state index in [1.165, 1.54) is 25.9 Å². The van der Waals surface area contributed by atoms with Gasteiger partial charge in [0.1, 0.15) is 0 Å². The van der Waals surface area contributed by atoms with Gasteiger partial charge < -0.3 is 19.7 Å². The number of hydrogen-bond donors (Lipinski definition) is 1. The highest BCUT2D eigenvalue weighted by Crippen LogP contribution is 2.20. The van der Waals surface area contributed by atoms with Crippen molar-refractivity contribution in [2.24, 2.45) is 5.92 Å². The van der Waals surface area contributed by atoms with Crippen LogP contribution in [0.3, 0.4) is 0 Å². The number of likely N-dealkylation sites (tertiary alicyclic amines) is 1. The lowest BCUT2D eigenvalue weighted by Crippen LogP contribution is -2.42. The highest BCUT2D eigenvalue weighted by molar-refractivity contribution is 4.79. The van der Waals surface area contributed by atoms with Crippen molar-refractivity contribution in [3.05, 3.63) is 0 Å². The van der Waals surface area contributed by atoms with E-state index in [9.17, 15) is 0 Å². The minimum absolute atomic E-state index is 0.664. The van der Waals surface area contributed by atoms with Crippen LogP contribution in [0, 0.1) is 5.92 Å². The van der Waals surface area contributed by atoms with Gasteiger partial charge in [-0.1, -0.05) is 6.92 Å². The molecule has 0 saturated carbocycles. The second-order valence-electron chi connectivity index (χ2n) is 5.48. The Morgan fingerprint density at radius 1 is 1.21 bits per heavy atom. The average molecular weight is 272 g/mol. The van der Waals surface area contributed by atoms with Crippen LogP contribution in [-0.2, 0) is 9.47 Å². The maximum atomic E-state index is 5.62. The van der Waals surface area contributed by atoms with Gasteiger partial charge in [-0.15, -0.1) is 0 Å². The molecular weight excluding hydrogens is 240 g/mol. The molecule has 1 rings (SSSR count). The van der Waals surface area contributed by atoms with Crippen LogP contribution in [0.25, 0.3) is 0 Å². The molecule has 1 heterocycles. The zero-order valence-corrected chi connectivity index (χ0v) is 13.0. The van der Waals surface area contributed by atoms with Crippen LogP contribution in [0.1, 0.15) is 33.1 Å². The lowest BCUT2D eigenvalue weighted by Gasteiger charge is -2.35. The lowest BCUT2D eigenvalue weighted by molar-refractivity contribution is 0.0713. The van der Waals surface area contributed by atoms with Crippen LogP contribution in [0.5, 0.6) is 0 Å². The van der Waals surface area contributed by atoms with Gasteiger partial charge in [-0.2, -0.15) is 0 Å². The third-order valence-electron chi connectivity index (χ3n) is 4.05. The molecule has 1 N–H and O–H groups in total. The molecule has 1 atom stereocenters. The summed E-state index contributed by atoms with van der Waals surface area (Å²) < 4.78 is 10.6. The summed E-state index contributed by atoms with van der Waals surface area (Å²) in [6.45, 7) is 11.6. The molecule has 1 saturated heterocycles. The Labute approximate surface area is 118 Å². The molecule has 0 radical (unpaired) electrons. The van der Waals surface area contributed by atoms with Gasteiger partial charge in [-0.3, -0.25) is 0 Å². The summed E-state index contributed by atoms with van der Waals surface area (Å²) in [6.07, 6.45) is 3.63. The van der Waals surface area contributed by atoms with Gasteiger partial charge in [0.15, 0.2) is 0 Å². The molecule has 0 aromatic carbocycles. The zero-order valence-electron chi connectivity index (χ0n) is 13.0. The molecule has 114 valence electrons. The molecule has 4 heteroatoms. The molecule has 0 aliphatic carbocycles. The van der Waals surface area contributed by atoms with Crippen molar-refractivity contribution in [3.63, 3.8) is 0 Å². The van der Waals surface area contributed by atoms with Crippen molar-refractivity contribution in [2.75, 3.05) is 53.1 Å². The van der Waals surface area contributed by atoms with Crippen molar-refractivity contribution in [1.82, 2.24) is 10.2 Å². The standard InChI is InChI=1S/C15H32N2O2/c1-4-16-14(2)15-6-8-17(9-7-15)10-13-19-12-5-11-18-3/h14-16H,4-13H2,1-3H3. The van der Waals surface area contributed by atoms with Gasteiger partial charge in [0.25, 0.3) is 0 Å². The third kappa shape index (κ3) is 7.25. The van der Waals surface area contributed by atoms with Gasteiger partial charge in [0.2, 0.25) is 0 Å². The molecular formula is C15H32N2O2. The van der Waals surface area contributed by atoms with Crippen LogP contribution >= 0.6 is 0 Å². The summed E-state index contributed by atoms with van der Waals surface area (Å²) in [7, 11) is 1.73. The van der Waals surface area contributed by atoms with Crippen molar-refractivity contribution < 1.29 is 9.47 Å². The number of hydrogen-bond acceptors (Lipinski definition) is 4. The SMILES string of the molecule is CCNC(C)C1CCN(CCOCCCOC)CC1. The van der Waals surface area contributed by atoms with E-state index in [2.05, 4.69) is 24.1 Å². The van der Waals surface area contributed by atoms with Gasteiger partial charge >= 0.3 is 0 Å². The van der Waals surface area contributed by atoms with Crippen molar-refractivity contribution >= 4 is 0 Å². The molecule has 19 heavy (non-hydrogen) atoms. The van der Waals surface area contributed by atoms with Crippen LogP contribution in [0.15, 0.2) is 0 Å². The molecule has 0 amide bonds. The molecule has 1 fully saturated rings. The summed E-state index contributed by atoms with van der Waals surface area (Å²) in [5, 5.41) is 3.55. The predicted molar refractivity (Wildman–Crippen MR) is 79.6 cm³/mol. The van der Waals surface area contributed by atoms with E-state index >= 15 is 0 Å². The van der Waals surface area contributed by atoms with Gasteiger partial charge in [0.05, 0.1) is 6.61 Å². The molecule has 0 bridgehead atoms. The summed E-state index contributed by atoms with van der Waals surface area (Å²) >= 11 is 0. The van der Waals surface area contributed by atoms with E-state index in [1.54, 1.807) is 7.11 Å². The molecule has 0 aromatic heterocycles. The van der Waals surface area contributed by atoms with Crippen molar-refractivity contribution in [3.8, 4) is 0 Å². The Morgan fingerprint density at radius 2 is 1.95 bits per heavy atom. The van der Waals surface area contributed by atoms with Gasteiger partial charge in [0, 0.05) is 32.9 Å². The highest BCUT2D eigenvalue weighted by atomic mass is 16.5. The maximum absolute atomic E-state index is 5.62. The van der Waals surface area contributed by atoms with Crippen molar-refractivity contribution in [2.45, 2.75) is 39.2 Å². The lowest BCUT2D eigenvalue weighted by atomic mass is 9.90. The summed E-state index contributed by atoms with van der Waals surface area (Å²) in [5.41, 5.74) is 0. The van der Waals surface area contributed by atoms with E-state index in [-0.39, 0.29) is 0 Å². The molecule has 1 aliphatic heterocycles. The van der Waals surface area contributed by atoms with E-state index < -0.39 is 0 Å². The number of ether oxygens (including phenoxy) is 2. The van der Waals surface area contributed by atoms with Crippen LogP contribution in [0.4, 0.5) is 0 Å². The van der Waals surface area contributed by atoms with Crippen LogP contribution < -0.4 is 5.32 Å². The third-order valence-corrected chi connectivity index (χ3v) is 4.05. The molecule has 4 nitrogen and oxygen atoms in total. The summed E-state index contributed by atoms with van der Waals surface area (Å²) in [6, 6.07) is 0.664. The number of nitrogens with one attached hydrogen (secondary N) is 1. The Morgan fingerprint density at radius 3 is 2.58 bits per heavy atom. The number of piperidine rings is 1. The Bertz CT molecular complexity index is 206. The number of nitrogens with zero attached hydrogens (tertiary/aromatic N) is 1. The minimum Gasteiger partial charge on any atom is -0.385 e. The van der Waals surface area contributed by atoms with Gasteiger partial charge in [-0.25, -0.2) is 0 Å².